The van der Waals surface area contributed by atoms with E-state index in [4.69, 9.17) is 4.52 Å². The first kappa shape index (κ1) is 14.6. The Hall–Kier alpha value is -2.94. The minimum atomic E-state index is -0.688. The molecule has 1 aliphatic rings. The maximum atomic E-state index is 12.4. The third kappa shape index (κ3) is 2.58. The normalized spacial score (nSPS) is 18.8. The van der Waals surface area contributed by atoms with Gasteiger partial charge < -0.3 is 24.4 Å². The minimum absolute atomic E-state index is 0.240. The molecule has 1 fully saturated rings. The lowest BCUT2D eigenvalue weighted by atomic mass is 10.3. The molecule has 0 saturated carbocycles. The Balaban J connectivity index is 1.58. The summed E-state index contributed by atoms with van der Waals surface area (Å²) in [6.45, 7) is 1.64. The van der Waals surface area contributed by atoms with Crippen LogP contribution in [0.15, 0.2) is 35.4 Å². The Morgan fingerprint density at radius 1 is 1.29 bits per heavy atom. The number of aromatic nitrogens is 4. The number of anilines is 1. The predicted molar refractivity (Wildman–Crippen MR) is 84.5 cm³/mol. The van der Waals surface area contributed by atoms with Crippen molar-refractivity contribution in [2.45, 2.75) is 6.10 Å². The number of hydrogen-bond donors (Lipinski definition) is 2. The first-order valence-corrected chi connectivity index (χ1v) is 7.63. The fraction of sp³-hybridized carbons (Fsp3) is 0.333. The number of rotatable bonds is 2. The molecular formula is C15H16N6O3. The average molecular weight is 328 g/mol. The Morgan fingerprint density at radius 3 is 3.04 bits per heavy atom. The topological polar surface area (TPSA) is 111 Å². The van der Waals surface area contributed by atoms with E-state index in [9.17, 15) is 9.90 Å². The van der Waals surface area contributed by atoms with E-state index in [0.29, 0.717) is 19.6 Å². The van der Waals surface area contributed by atoms with Crippen LogP contribution in [0.4, 0.5) is 5.82 Å². The van der Waals surface area contributed by atoms with Gasteiger partial charge in [-0.3, -0.25) is 4.79 Å². The summed E-state index contributed by atoms with van der Waals surface area (Å²) in [5.74, 6) is 0.496. The van der Waals surface area contributed by atoms with Gasteiger partial charge in [0.05, 0.1) is 11.5 Å². The zero-order chi connectivity index (χ0) is 16.5. The van der Waals surface area contributed by atoms with Crippen molar-refractivity contribution in [1.82, 2.24) is 25.0 Å². The number of nitrogens with zero attached hydrogens (tertiary/aromatic N) is 5. The summed E-state index contributed by atoms with van der Waals surface area (Å²) < 4.78 is 4.72. The quantitative estimate of drug-likeness (QED) is 0.694. The first-order chi connectivity index (χ1) is 11.7. The number of hydrogen-bond acceptors (Lipinski definition) is 7. The highest BCUT2D eigenvalue weighted by atomic mass is 16.5. The molecule has 4 heterocycles. The number of aliphatic hydroxyl groups excluding tert-OH is 1. The van der Waals surface area contributed by atoms with E-state index in [1.165, 1.54) is 18.7 Å². The zero-order valence-electron chi connectivity index (χ0n) is 12.8. The zero-order valence-corrected chi connectivity index (χ0v) is 12.8. The lowest BCUT2D eigenvalue weighted by Gasteiger charge is -2.23. The maximum Gasteiger partial charge on any atom is 0.276 e. The highest BCUT2D eigenvalue weighted by Crippen LogP contribution is 2.23. The molecule has 0 radical (unpaired) electrons. The largest absolute Gasteiger partial charge is 0.389 e. The number of carbonyl (C=O) groups excluding carboxylic acids is 1. The molecule has 1 saturated heterocycles. The molecule has 24 heavy (non-hydrogen) atoms. The van der Waals surface area contributed by atoms with Gasteiger partial charge in [0, 0.05) is 38.4 Å². The second kappa shape index (κ2) is 5.93. The van der Waals surface area contributed by atoms with Crippen molar-refractivity contribution in [1.29, 1.82) is 0 Å². The van der Waals surface area contributed by atoms with Crippen LogP contribution in [0.2, 0.25) is 0 Å². The Labute approximate surface area is 136 Å². The lowest BCUT2D eigenvalue weighted by Crippen LogP contribution is -2.37. The van der Waals surface area contributed by atoms with Crippen LogP contribution in [-0.4, -0.2) is 68.3 Å². The molecule has 2 N–H and O–H groups in total. The Kier molecular flexibility index (Phi) is 3.62. The van der Waals surface area contributed by atoms with Crippen molar-refractivity contribution >= 4 is 22.8 Å². The fourth-order valence-electron chi connectivity index (χ4n) is 2.96. The molecule has 0 spiro atoms. The van der Waals surface area contributed by atoms with E-state index in [0.717, 1.165) is 16.9 Å². The van der Waals surface area contributed by atoms with Crippen LogP contribution in [-0.2, 0) is 0 Å². The van der Waals surface area contributed by atoms with Crippen molar-refractivity contribution in [3.05, 3.63) is 36.6 Å². The van der Waals surface area contributed by atoms with Gasteiger partial charge in [0.15, 0.2) is 5.69 Å². The average Bonchev–Trinajstić information content (AvgIpc) is 3.24. The number of aliphatic hydroxyl groups is 1. The van der Waals surface area contributed by atoms with Gasteiger partial charge in [-0.1, -0.05) is 5.16 Å². The van der Waals surface area contributed by atoms with E-state index >= 15 is 0 Å². The highest BCUT2D eigenvalue weighted by Gasteiger charge is 2.27. The van der Waals surface area contributed by atoms with Gasteiger partial charge in [-0.05, 0) is 6.07 Å². The number of nitrogens with one attached hydrogen (secondary N) is 1. The van der Waals surface area contributed by atoms with Gasteiger partial charge in [0.2, 0.25) is 0 Å². The molecule has 1 atom stereocenters. The van der Waals surface area contributed by atoms with Crippen molar-refractivity contribution in [3.8, 4) is 0 Å². The molecule has 1 amide bonds. The number of amides is 1. The lowest BCUT2D eigenvalue weighted by molar-refractivity contribution is 0.0664. The van der Waals surface area contributed by atoms with Crippen molar-refractivity contribution in [3.63, 3.8) is 0 Å². The van der Waals surface area contributed by atoms with Crippen LogP contribution in [0.1, 0.15) is 10.5 Å². The van der Waals surface area contributed by atoms with Crippen LogP contribution in [0.25, 0.3) is 11.0 Å². The molecule has 9 nitrogen and oxygen atoms in total. The molecule has 9 heteroatoms. The molecule has 0 aromatic carbocycles. The minimum Gasteiger partial charge on any atom is -0.389 e. The monoisotopic (exact) mass is 328 g/mol. The first-order valence-electron chi connectivity index (χ1n) is 7.63. The number of carbonyl (C=O) groups is 1. The van der Waals surface area contributed by atoms with Gasteiger partial charge in [0.25, 0.3) is 5.91 Å². The van der Waals surface area contributed by atoms with E-state index in [1.54, 1.807) is 11.1 Å². The van der Waals surface area contributed by atoms with Crippen LogP contribution in [0.3, 0.4) is 0 Å². The summed E-state index contributed by atoms with van der Waals surface area (Å²) in [7, 11) is 0. The van der Waals surface area contributed by atoms with Crippen molar-refractivity contribution < 1.29 is 14.4 Å². The van der Waals surface area contributed by atoms with Gasteiger partial charge in [0.1, 0.15) is 24.1 Å². The van der Waals surface area contributed by atoms with E-state index in [-0.39, 0.29) is 18.1 Å². The SMILES string of the molecule is O=C(c1ccon1)N1CCN(c2ncnc3[nH]ccc23)CC(O)C1. The van der Waals surface area contributed by atoms with Gasteiger partial charge in [-0.25, -0.2) is 9.97 Å². The van der Waals surface area contributed by atoms with E-state index in [1.807, 2.05) is 11.0 Å². The summed E-state index contributed by atoms with van der Waals surface area (Å²) in [5, 5.41) is 14.9. The molecule has 1 aliphatic heterocycles. The van der Waals surface area contributed by atoms with E-state index in [2.05, 4.69) is 20.1 Å². The molecule has 124 valence electrons. The molecule has 1 unspecified atom stereocenters. The van der Waals surface area contributed by atoms with Crippen LogP contribution in [0.5, 0.6) is 0 Å². The Morgan fingerprint density at radius 2 is 2.21 bits per heavy atom. The molecule has 3 aromatic heterocycles. The molecule has 4 rings (SSSR count). The third-order valence-electron chi connectivity index (χ3n) is 4.08. The summed E-state index contributed by atoms with van der Waals surface area (Å²) >= 11 is 0. The standard InChI is InChI=1S/C15H16N6O3/c22-10-7-20(14-11-1-3-16-13(11)17-9-18-14)4-5-21(8-10)15(23)12-2-6-24-19-12/h1-3,6,9-10,22H,4-5,7-8H2,(H,16,17,18). The van der Waals surface area contributed by atoms with Gasteiger partial charge in [-0.2, -0.15) is 0 Å². The van der Waals surface area contributed by atoms with Crippen LogP contribution >= 0.6 is 0 Å². The van der Waals surface area contributed by atoms with Crippen LogP contribution < -0.4 is 4.90 Å². The fourth-order valence-corrected chi connectivity index (χ4v) is 2.96. The van der Waals surface area contributed by atoms with Gasteiger partial charge in [-0.15, -0.1) is 0 Å². The van der Waals surface area contributed by atoms with Crippen molar-refractivity contribution in [2.75, 3.05) is 31.1 Å². The number of H-pyrrole nitrogens is 1. The van der Waals surface area contributed by atoms with E-state index < -0.39 is 6.10 Å². The Bertz CT molecular complexity index is 846. The number of β-amino-alcohol motifs (C(OH)–C–C–N with tert-alkyl or cyclic N) is 1. The summed E-state index contributed by atoms with van der Waals surface area (Å²) in [5.41, 5.74) is 0.986. The molecule has 3 aromatic rings. The second-order valence-electron chi connectivity index (χ2n) is 5.67. The van der Waals surface area contributed by atoms with Gasteiger partial charge >= 0.3 is 0 Å². The number of aromatic amines is 1. The molecular weight excluding hydrogens is 312 g/mol. The molecule has 0 bridgehead atoms. The summed E-state index contributed by atoms with van der Waals surface area (Å²) in [6, 6.07) is 3.42. The number of fused-ring (bicyclic) bond motifs is 1. The molecule has 0 aliphatic carbocycles. The highest BCUT2D eigenvalue weighted by molar-refractivity contribution is 5.92. The smallest absolute Gasteiger partial charge is 0.276 e. The maximum absolute atomic E-state index is 12.4. The van der Waals surface area contributed by atoms with Crippen molar-refractivity contribution in [2.24, 2.45) is 0 Å². The summed E-state index contributed by atoms with van der Waals surface area (Å²) in [6.07, 6.45) is 3.96. The third-order valence-corrected chi connectivity index (χ3v) is 4.08. The predicted octanol–water partition coefficient (Wildman–Crippen LogP) is 0.269. The second-order valence-corrected chi connectivity index (χ2v) is 5.67. The summed E-state index contributed by atoms with van der Waals surface area (Å²) in [4.78, 5) is 27.5. The van der Waals surface area contributed by atoms with Crippen LogP contribution in [0, 0.1) is 0 Å².